The zero-order valence-corrected chi connectivity index (χ0v) is 18.8. The highest BCUT2D eigenvalue weighted by Crippen LogP contribution is 2.40. The van der Waals surface area contributed by atoms with E-state index < -0.39 is 47.2 Å². The first-order chi connectivity index (χ1) is 16.2. The number of carbonyl (C=O) groups excluding carboxylic acids is 4. The Hall–Kier alpha value is -4.05. The molecule has 0 spiro atoms. The monoisotopic (exact) mass is 487 g/mol. The third-order valence-electron chi connectivity index (χ3n) is 5.00. The first-order valence-corrected chi connectivity index (χ1v) is 11.1. The Balaban J connectivity index is 1.76. The maximum atomic E-state index is 13.0. The van der Waals surface area contributed by atoms with Gasteiger partial charge in [0, 0.05) is 18.2 Å². The lowest BCUT2D eigenvalue weighted by molar-refractivity contribution is -0.151. The van der Waals surface area contributed by atoms with E-state index in [1.807, 2.05) is 0 Å². The Morgan fingerprint density at radius 2 is 2.00 bits per heavy atom. The number of carboxylic acids is 1. The summed E-state index contributed by atoms with van der Waals surface area (Å²) < 4.78 is 4.89. The molecule has 2 unspecified atom stereocenters. The Bertz CT molecular complexity index is 1080. The number of β-lactam (4-membered cyclic amide) rings is 1. The molecule has 2 aliphatic heterocycles. The summed E-state index contributed by atoms with van der Waals surface area (Å²) in [6.45, 7) is 0.678. The summed E-state index contributed by atoms with van der Waals surface area (Å²) in [7, 11) is 0. The maximum Gasteiger partial charge on any atom is 0.352 e. The Morgan fingerprint density at radius 1 is 1.29 bits per heavy atom. The lowest BCUT2D eigenvalue weighted by Crippen LogP contribution is -2.71. The minimum Gasteiger partial charge on any atom is -0.477 e. The number of amides is 4. The molecule has 0 aliphatic carbocycles. The van der Waals surface area contributed by atoms with Crippen molar-refractivity contribution in [1.82, 2.24) is 20.9 Å². The van der Waals surface area contributed by atoms with Gasteiger partial charge in [-0.3, -0.25) is 19.3 Å². The van der Waals surface area contributed by atoms with Crippen LogP contribution in [-0.4, -0.2) is 70.1 Å². The van der Waals surface area contributed by atoms with Gasteiger partial charge >= 0.3 is 18.0 Å². The van der Waals surface area contributed by atoms with E-state index in [1.165, 1.54) is 18.7 Å². The molecule has 0 aromatic heterocycles. The smallest absolute Gasteiger partial charge is 0.352 e. The predicted octanol–water partition coefficient (Wildman–Crippen LogP) is -0.148. The van der Waals surface area contributed by atoms with Gasteiger partial charge in [-0.05, 0) is 5.56 Å². The molecule has 13 heteroatoms. The van der Waals surface area contributed by atoms with Crippen molar-refractivity contribution < 1.29 is 33.8 Å². The molecule has 0 bridgehead atoms. The van der Waals surface area contributed by atoms with Gasteiger partial charge < -0.3 is 25.8 Å². The number of esters is 1. The van der Waals surface area contributed by atoms with Crippen molar-refractivity contribution >= 4 is 41.5 Å². The number of ether oxygens (including phenoxy) is 1. The van der Waals surface area contributed by atoms with Crippen LogP contribution in [0.3, 0.4) is 0 Å². The average molecular weight is 487 g/mol. The molecule has 34 heavy (non-hydrogen) atoms. The van der Waals surface area contributed by atoms with Gasteiger partial charge in [-0.2, -0.15) is 5.26 Å². The number of fused-ring (bicyclic) bond motifs is 1. The van der Waals surface area contributed by atoms with Gasteiger partial charge in [0.25, 0.3) is 5.91 Å². The highest BCUT2D eigenvalue weighted by atomic mass is 32.2. The summed E-state index contributed by atoms with van der Waals surface area (Å²) in [5.74, 6) is -3.05. The van der Waals surface area contributed by atoms with Gasteiger partial charge in [0.15, 0.2) is 0 Å². The lowest BCUT2D eigenvalue weighted by Gasteiger charge is -2.49. The van der Waals surface area contributed by atoms with Gasteiger partial charge in [-0.25, -0.2) is 9.59 Å². The molecule has 4 N–H and O–H groups in total. The normalized spacial score (nSPS) is 19.6. The molecule has 12 nitrogen and oxygen atoms in total. The number of hydrogen-bond donors (Lipinski definition) is 4. The number of aliphatic carboxylic acids is 1. The topological polar surface area (TPSA) is 178 Å². The molecule has 1 aromatic rings. The minimum atomic E-state index is -1.34. The summed E-state index contributed by atoms with van der Waals surface area (Å²) in [4.78, 5) is 61.9. The number of thioether (sulfide) groups is 1. The zero-order chi connectivity index (χ0) is 24.8. The van der Waals surface area contributed by atoms with Crippen LogP contribution in [0.1, 0.15) is 18.5 Å². The fourth-order valence-electron chi connectivity index (χ4n) is 3.47. The van der Waals surface area contributed by atoms with Gasteiger partial charge in [-0.15, -0.1) is 11.8 Å². The van der Waals surface area contributed by atoms with Crippen molar-refractivity contribution in [2.45, 2.75) is 24.4 Å². The van der Waals surface area contributed by atoms with E-state index in [0.717, 1.165) is 4.90 Å². The van der Waals surface area contributed by atoms with Crippen LogP contribution in [0.5, 0.6) is 0 Å². The van der Waals surface area contributed by atoms with E-state index in [1.54, 1.807) is 36.4 Å². The summed E-state index contributed by atoms with van der Waals surface area (Å²) in [5.41, 5.74) is 0.455. The van der Waals surface area contributed by atoms with Gasteiger partial charge in [0.1, 0.15) is 36.3 Å². The quantitative estimate of drug-likeness (QED) is 0.220. The van der Waals surface area contributed by atoms with E-state index >= 15 is 0 Å². The van der Waals surface area contributed by atoms with Crippen LogP contribution >= 0.6 is 11.8 Å². The van der Waals surface area contributed by atoms with E-state index in [2.05, 4.69) is 16.0 Å². The predicted molar refractivity (Wildman–Crippen MR) is 118 cm³/mol. The number of nitrogens with one attached hydrogen (secondary N) is 3. The molecule has 178 valence electrons. The van der Waals surface area contributed by atoms with Crippen molar-refractivity contribution in [3.8, 4) is 6.07 Å². The van der Waals surface area contributed by atoms with E-state index in [9.17, 15) is 29.1 Å². The SMILES string of the molecule is CC(=O)OCC1=C(C(=O)O)N2C(=O)[C@H](NC(=O)C(NC(=O)NCC#N)c3ccccc3)C2SC1. The van der Waals surface area contributed by atoms with Crippen molar-refractivity contribution in [2.24, 2.45) is 0 Å². The van der Waals surface area contributed by atoms with Gasteiger partial charge in [0.2, 0.25) is 5.91 Å². The number of rotatable bonds is 8. The molecule has 4 amide bonds. The number of nitrogens with zero attached hydrogens (tertiary/aromatic N) is 2. The molecule has 3 rings (SSSR count). The third kappa shape index (κ3) is 5.29. The summed E-state index contributed by atoms with van der Waals surface area (Å²) >= 11 is 1.22. The van der Waals surface area contributed by atoms with Crippen molar-refractivity contribution in [3.63, 3.8) is 0 Å². The molecule has 0 radical (unpaired) electrons. The summed E-state index contributed by atoms with van der Waals surface area (Å²) in [5, 5.41) is 24.9. The second-order valence-corrected chi connectivity index (χ2v) is 8.37. The van der Waals surface area contributed by atoms with Crippen molar-refractivity contribution in [1.29, 1.82) is 5.26 Å². The molecule has 1 saturated heterocycles. The standard InChI is InChI=1S/C21H21N5O7S/c1-11(27)33-9-13-10-34-19-15(18(29)26(19)16(13)20(30)31)24-17(28)14(12-5-3-2-4-6-12)25-21(32)23-8-7-22/h2-6,14-15,19H,8-10H2,1H3,(H,24,28)(H,30,31)(H2,23,25,32)/t14?,15-,19?/m0/s1. The van der Waals surface area contributed by atoms with E-state index in [4.69, 9.17) is 10.00 Å². The Kier molecular flexibility index (Phi) is 7.75. The van der Waals surface area contributed by atoms with Crippen LogP contribution < -0.4 is 16.0 Å². The van der Waals surface area contributed by atoms with Gasteiger partial charge in [-0.1, -0.05) is 30.3 Å². The highest BCUT2D eigenvalue weighted by molar-refractivity contribution is 8.00. The fraction of sp³-hybridized carbons (Fsp3) is 0.333. The molecule has 1 aromatic carbocycles. The second kappa shape index (κ2) is 10.7. The fourth-order valence-corrected chi connectivity index (χ4v) is 4.79. The maximum absolute atomic E-state index is 13.0. The molecule has 2 aliphatic rings. The van der Waals surface area contributed by atoms with Crippen molar-refractivity contribution in [2.75, 3.05) is 18.9 Å². The van der Waals surface area contributed by atoms with Gasteiger partial charge in [0.05, 0.1) is 6.07 Å². The number of benzene rings is 1. The van der Waals surface area contributed by atoms with Crippen molar-refractivity contribution in [3.05, 3.63) is 47.2 Å². The number of urea groups is 1. The number of hydrogen-bond acceptors (Lipinski definition) is 8. The average Bonchev–Trinajstić information content (AvgIpc) is 2.82. The van der Waals surface area contributed by atoms with E-state index in [-0.39, 0.29) is 30.2 Å². The molecule has 2 heterocycles. The largest absolute Gasteiger partial charge is 0.477 e. The summed E-state index contributed by atoms with van der Waals surface area (Å²) in [6, 6.07) is 7.14. The minimum absolute atomic E-state index is 0.187. The number of carbonyl (C=O) groups is 5. The Labute approximate surface area is 198 Å². The highest BCUT2D eigenvalue weighted by Gasteiger charge is 2.54. The van der Waals surface area contributed by atoms with Crippen LogP contribution in [-0.2, 0) is 23.9 Å². The van der Waals surface area contributed by atoms with Crippen LogP contribution in [0.25, 0.3) is 0 Å². The molecule has 0 saturated carbocycles. The molecular formula is C21H21N5O7S. The zero-order valence-electron chi connectivity index (χ0n) is 17.9. The van der Waals surface area contributed by atoms with E-state index in [0.29, 0.717) is 5.56 Å². The Morgan fingerprint density at radius 3 is 2.62 bits per heavy atom. The van der Waals surface area contributed by atoms with Crippen LogP contribution in [0, 0.1) is 11.3 Å². The molecule has 1 fully saturated rings. The third-order valence-corrected chi connectivity index (χ3v) is 6.34. The first kappa shape index (κ1) is 24.6. The number of nitriles is 1. The van der Waals surface area contributed by atoms with Crippen LogP contribution in [0.15, 0.2) is 41.6 Å². The lowest BCUT2D eigenvalue weighted by atomic mass is 10.0. The summed E-state index contributed by atoms with van der Waals surface area (Å²) in [6.07, 6.45) is 0. The number of carboxylic acid groups (broad SMARTS) is 1. The van der Waals surface area contributed by atoms with Crippen LogP contribution in [0.4, 0.5) is 4.79 Å². The molecule has 3 atom stereocenters. The van der Waals surface area contributed by atoms with Crippen LogP contribution in [0.2, 0.25) is 0 Å². The second-order valence-electron chi connectivity index (χ2n) is 7.26. The first-order valence-electron chi connectivity index (χ1n) is 10.0. The molecular weight excluding hydrogens is 466 g/mol.